The molecule has 1 N–H and O–H groups in total. The summed E-state index contributed by atoms with van der Waals surface area (Å²) in [5.74, 6) is -0.209. The topological polar surface area (TPSA) is 47.0 Å². The fourth-order valence-corrected chi connectivity index (χ4v) is 2.48. The van der Waals surface area contributed by atoms with Crippen LogP contribution in [0.5, 0.6) is 0 Å². The van der Waals surface area contributed by atoms with Gasteiger partial charge in [-0.1, -0.05) is 12.1 Å². The Morgan fingerprint density at radius 2 is 1.96 bits per heavy atom. The van der Waals surface area contributed by atoms with Crippen molar-refractivity contribution in [3.8, 4) is 0 Å². The van der Waals surface area contributed by atoms with Gasteiger partial charge in [-0.2, -0.15) is 13.2 Å². The molecule has 1 saturated heterocycles. The Hall–Kier alpha value is -2.06. The molecular formula is C16H15F4N3O. The van der Waals surface area contributed by atoms with E-state index in [1.54, 1.807) is 12.1 Å². The van der Waals surface area contributed by atoms with Gasteiger partial charge in [-0.25, -0.2) is 14.4 Å². The highest BCUT2D eigenvalue weighted by Gasteiger charge is 2.31. The lowest BCUT2D eigenvalue weighted by Gasteiger charge is -2.24. The molecule has 1 aliphatic heterocycles. The monoisotopic (exact) mass is 341 g/mol. The van der Waals surface area contributed by atoms with E-state index in [0.717, 1.165) is 18.9 Å². The second-order valence-electron chi connectivity index (χ2n) is 5.48. The molecule has 1 aromatic carbocycles. The summed E-state index contributed by atoms with van der Waals surface area (Å²) in [5.41, 5.74) is 0.133. The van der Waals surface area contributed by atoms with Gasteiger partial charge >= 0.3 is 6.18 Å². The molecule has 3 rings (SSSR count). The molecule has 0 saturated carbocycles. The highest BCUT2D eigenvalue weighted by Crippen LogP contribution is 2.28. The van der Waals surface area contributed by atoms with E-state index < -0.39 is 17.6 Å². The van der Waals surface area contributed by atoms with Crippen molar-refractivity contribution in [2.45, 2.75) is 18.7 Å². The molecule has 0 aliphatic carbocycles. The lowest BCUT2D eigenvalue weighted by Crippen LogP contribution is -2.33. The molecule has 0 unspecified atom stereocenters. The number of aromatic nitrogens is 2. The zero-order valence-electron chi connectivity index (χ0n) is 12.6. The van der Waals surface area contributed by atoms with Crippen molar-refractivity contribution in [2.75, 3.05) is 19.7 Å². The Kier molecular flexibility index (Phi) is 4.77. The largest absolute Gasteiger partial charge is 0.419 e. The van der Waals surface area contributed by atoms with Crippen LogP contribution in [0.3, 0.4) is 0 Å². The van der Waals surface area contributed by atoms with Crippen LogP contribution in [0.25, 0.3) is 0 Å². The number of hydrogen-bond acceptors (Lipinski definition) is 4. The van der Waals surface area contributed by atoms with Crippen molar-refractivity contribution in [2.24, 2.45) is 0 Å². The van der Waals surface area contributed by atoms with E-state index >= 15 is 0 Å². The second kappa shape index (κ2) is 6.82. The summed E-state index contributed by atoms with van der Waals surface area (Å²) < 4.78 is 57.2. The molecule has 8 heteroatoms. The zero-order chi connectivity index (χ0) is 17.2. The molecule has 1 fully saturated rings. The molecule has 4 nitrogen and oxygen atoms in total. The van der Waals surface area contributed by atoms with Gasteiger partial charge in [-0.15, -0.1) is 0 Å². The standard InChI is InChI=1S/C16H15F4N3O/c17-13-5-10(1-2-12(13)14-9-21-3-4-24-14)6-15-22-7-11(8-23-15)16(18,19)20/h1-2,5,7-8,14,21H,3-4,6,9H2/t14-/m1/s1. The molecule has 0 amide bonds. The van der Waals surface area contributed by atoms with Gasteiger partial charge in [0.1, 0.15) is 11.6 Å². The van der Waals surface area contributed by atoms with Crippen LogP contribution in [0.2, 0.25) is 0 Å². The predicted molar refractivity (Wildman–Crippen MR) is 77.8 cm³/mol. The summed E-state index contributed by atoms with van der Waals surface area (Å²) in [7, 11) is 0. The van der Waals surface area contributed by atoms with Crippen LogP contribution < -0.4 is 5.32 Å². The zero-order valence-corrected chi connectivity index (χ0v) is 12.6. The highest BCUT2D eigenvalue weighted by atomic mass is 19.4. The van der Waals surface area contributed by atoms with Crippen LogP contribution in [0.1, 0.15) is 28.6 Å². The van der Waals surface area contributed by atoms with E-state index in [-0.39, 0.29) is 18.3 Å². The van der Waals surface area contributed by atoms with Gasteiger partial charge in [-0.05, 0) is 11.6 Å². The number of nitrogens with zero attached hydrogens (tertiary/aromatic N) is 2. The fraction of sp³-hybridized carbons (Fsp3) is 0.375. The van der Waals surface area contributed by atoms with E-state index in [9.17, 15) is 17.6 Å². The van der Waals surface area contributed by atoms with Gasteiger partial charge in [0.2, 0.25) is 0 Å². The number of benzene rings is 1. The van der Waals surface area contributed by atoms with E-state index in [1.807, 2.05) is 0 Å². The SMILES string of the molecule is Fc1cc(Cc2ncc(C(F)(F)F)cn2)ccc1[C@H]1CNCCO1. The Balaban J connectivity index is 1.72. The number of nitrogens with one attached hydrogen (secondary N) is 1. The second-order valence-corrected chi connectivity index (χ2v) is 5.48. The quantitative estimate of drug-likeness (QED) is 0.872. The number of alkyl halides is 3. The summed E-state index contributed by atoms with van der Waals surface area (Å²) in [4.78, 5) is 7.39. The first-order chi connectivity index (χ1) is 11.4. The molecule has 1 aromatic heterocycles. The molecule has 24 heavy (non-hydrogen) atoms. The van der Waals surface area contributed by atoms with Crippen LogP contribution in [0.15, 0.2) is 30.6 Å². The van der Waals surface area contributed by atoms with E-state index in [1.165, 1.54) is 6.07 Å². The van der Waals surface area contributed by atoms with Crippen molar-refractivity contribution in [1.29, 1.82) is 0 Å². The summed E-state index contributed by atoms with van der Waals surface area (Å²) >= 11 is 0. The predicted octanol–water partition coefficient (Wildman–Crippen LogP) is 2.89. The van der Waals surface area contributed by atoms with Gasteiger partial charge < -0.3 is 10.1 Å². The Labute approximate surface area is 135 Å². The average molecular weight is 341 g/mol. The number of halogens is 4. The minimum absolute atomic E-state index is 0.152. The normalized spacial score (nSPS) is 18.6. The maximum Gasteiger partial charge on any atom is 0.419 e. The molecule has 2 heterocycles. The van der Waals surface area contributed by atoms with Gasteiger partial charge in [0, 0.05) is 37.5 Å². The van der Waals surface area contributed by atoms with Gasteiger partial charge in [0.05, 0.1) is 18.3 Å². The molecule has 0 bridgehead atoms. The van der Waals surface area contributed by atoms with Crippen molar-refractivity contribution < 1.29 is 22.3 Å². The first-order valence-electron chi connectivity index (χ1n) is 7.42. The van der Waals surface area contributed by atoms with Crippen LogP contribution in [-0.2, 0) is 17.3 Å². The Bertz CT molecular complexity index is 697. The molecule has 0 radical (unpaired) electrons. The van der Waals surface area contributed by atoms with E-state index in [0.29, 0.717) is 24.3 Å². The van der Waals surface area contributed by atoms with Crippen LogP contribution in [-0.4, -0.2) is 29.7 Å². The highest BCUT2D eigenvalue weighted by molar-refractivity contribution is 5.28. The molecule has 2 aromatic rings. The third-order valence-electron chi connectivity index (χ3n) is 3.73. The molecule has 1 aliphatic rings. The summed E-state index contributed by atoms with van der Waals surface area (Å²) in [6.45, 7) is 1.80. The number of ether oxygens (including phenoxy) is 1. The smallest absolute Gasteiger partial charge is 0.371 e. The molecule has 128 valence electrons. The first-order valence-corrected chi connectivity index (χ1v) is 7.42. The van der Waals surface area contributed by atoms with Crippen molar-refractivity contribution in [3.05, 3.63) is 58.9 Å². The summed E-state index contributed by atoms with van der Waals surface area (Å²) in [5, 5.41) is 3.13. The van der Waals surface area contributed by atoms with E-state index in [2.05, 4.69) is 15.3 Å². The lowest BCUT2D eigenvalue weighted by molar-refractivity contribution is -0.138. The van der Waals surface area contributed by atoms with Gasteiger partial charge in [-0.3, -0.25) is 0 Å². The summed E-state index contributed by atoms with van der Waals surface area (Å²) in [6.07, 6.45) is -3.20. The molecule has 0 spiro atoms. The third-order valence-corrected chi connectivity index (χ3v) is 3.73. The Morgan fingerprint density at radius 3 is 2.54 bits per heavy atom. The van der Waals surface area contributed by atoms with Crippen LogP contribution in [0, 0.1) is 5.82 Å². The van der Waals surface area contributed by atoms with Crippen LogP contribution >= 0.6 is 0 Å². The summed E-state index contributed by atoms with van der Waals surface area (Å²) in [6, 6.07) is 4.68. The number of rotatable bonds is 3. The minimum atomic E-state index is -4.47. The van der Waals surface area contributed by atoms with Crippen LogP contribution in [0.4, 0.5) is 17.6 Å². The lowest BCUT2D eigenvalue weighted by atomic mass is 10.0. The van der Waals surface area contributed by atoms with Crippen molar-refractivity contribution in [1.82, 2.24) is 15.3 Å². The third kappa shape index (κ3) is 3.88. The van der Waals surface area contributed by atoms with Gasteiger partial charge in [0.15, 0.2) is 0 Å². The number of morpholine rings is 1. The number of hydrogen-bond donors (Lipinski definition) is 1. The maximum absolute atomic E-state index is 14.3. The van der Waals surface area contributed by atoms with Crippen molar-refractivity contribution >= 4 is 0 Å². The Morgan fingerprint density at radius 1 is 1.21 bits per heavy atom. The fourth-order valence-electron chi connectivity index (χ4n) is 2.48. The van der Waals surface area contributed by atoms with Gasteiger partial charge in [0.25, 0.3) is 0 Å². The molecule has 1 atom stereocenters. The molecular weight excluding hydrogens is 326 g/mol. The van der Waals surface area contributed by atoms with Crippen molar-refractivity contribution in [3.63, 3.8) is 0 Å². The first kappa shape index (κ1) is 16.8. The maximum atomic E-state index is 14.3. The minimum Gasteiger partial charge on any atom is -0.371 e. The van der Waals surface area contributed by atoms with E-state index in [4.69, 9.17) is 4.74 Å². The average Bonchev–Trinajstić information content (AvgIpc) is 2.55.